The van der Waals surface area contributed by atoms with Gasteiger partial charge in [0.1, 0.15) is 0 Å². The van der Waals surface area contributed by atoms with E-state index in [9.17, 15) is 0 Å². The Morgan fingerprint density at radius 1 is 1.04 bits per heavy atom. The molecule has 0 amide bonds. The van der Waals surface area contributed by atoms with Gasteiger partial charge in [0.05, 0.1) is 0 Å². The molecule has 1 fully saturated rings. The van der Waals surface area contributed by atoms with Crippen molar-refractivity contribution < 1.29 is 0 Å². The summed E-state index contributed by atoms with van der Waals surface area (Å²) < 4.78 is 0. The molecule has 1 saturated heterocycles. The minimum atomic E-state index is 0.591. The number of likely N-dealkylation sites (tertiary alicyclic amines) is 1. The molecule has 0 bridgehead atoms. The lowest BCUT2D eigenvalue weighted by atomic mass is 9.91. The van der Waals surface area contributed by atoms with E-state index >= 15 is 0 Å². The summed E-state index contributed by atoms with van der Waals surface area (Å²) in [6.45, 7) is 5.54. The third kappa shape index (κ3) is 4.01. The third-order valence-electron chi connectivity index (χ3n) is 4.91. The smallest absolute Gasteiger partial charge is 0.0295 e. The molecule has 0 saturated carbocycles. The van der Waals surface area contributed by atoms with Gasteiger partial charge < -0.3 is 4.90 Å². The molecule has 23 heavy (non-hydrogen) atoms. The molecular weight excluding hydrogens is 280 g/mol. The van der Waals surface area contributed by atoms with Crippen LogP contribution < -0.4 is 0 Å². The summed E-state index contributed by atoms with van der Waals surface area (Å²) in [5, 5.41) is 0. The Kier molecular flexibility index (Phi) is 5.14. The summed E-state index contributed by atoms with van der Waals surface area (Å²) in [6, 6.07) is 20.6. The van der Waals surface area contributed by atoms with Gasteiger partial charge in [-0.05, 0) is 45.1 Å². The number of hydrogen-bond acceptors (Lipinski definition) is 2. The van der Waals surface area contributed by atoms with Crippen LogP contribution in [0.5, 0.6) is 0 Å². The summed E-state index contributed by atoms with van der Waals surface area (Å²) in [5.74, 6) is 0.642. The minimum Gasteiger partial charge on any atom is -0.308 e. The van der Waals surface area contributed by atoms with E-state index in [0.29, 0.717) is 12.0 Å². The van der Waals surface area contributed by atoms with Crippen LogP contribution in [0, 0.1) is 6.92 Å². The first-order chi connectivity index (χ1) is 11.1. The molecule has 1 heterocycles. The van der Waals surface area contributed by atoms with E-state index in [1.54, 1.807) is 0 Å². The molecule has 2 aromatic rings. The van der Waals surface area contributed by atoms with Gasteiger partial charge in [-0.15, -0.1) is 0 Å². The van der Waals surface area contributed by atoms with Crippen LogP contribution in [0.25, 0.3) is 0 Å². The van der Waals surface area contributed by atoms with Crippen molar-refractivity contribution in [3.05, 3.63) is 71.3 Å². The van der Waals surface area contributed by atoms with Gasteiger partial charge in [0.15, 0.2) is 0 Å². The molecule has 0 spiro atoms. The zero-order valence-corrected chi connectivity index (χ0v) is 14.6. The Bertz CT molecular complexity index is 621. The van der Waals surface area contributed by atoms with Crippen LogP contribution in [-0.2, 0) is 6.54 Å². The maximum absolute atomic E-state index is 2.67. The molecule has 2 atom stereocenters. The number of rotatable bonds is 5. The zero-order valence-electron chi connectivity index (χ0n) is 14.6. The molecular formula is C21H28N2. The molecule has 1 aliphatic rings. The van der Waals surface area contributed by atoms with Gasteiger partial charge in [0.25, 0.3) is 0 Å². The number of nitrogens with zero attached hydrogens (tertiary/aromatic N) is 2. The number of likely N-dealkylation sites (N-methyl/N-ethyl adjacent to an activating group) is 1. The van der Waals surface area contributed by atoms with Gasteiger partial charge in [0, 0.05) is 25.0 Å². The maximum atomic E-state index is 2.67. The first-order valence-corrected chi connectivity index (χ1v) is 8.63. The molecule has 3 rings (SSSR count). The lowest BCUT2D eigenvalue weighted by molar-refractivity contribution is 0.191. The molecule has 0 unspecified atom stereocenters. The molecule has 2 nitrogen and oxygen atoms in total. The van der Waals surface area contributed by atoms with Gasteiger partial charge in [-0.25, -0.2) is 0 Å². The van der Waals surface area contributed by atoms with Crippen LogP contribution in [0.2, 0.25) is 0 Å². The molecule has 0 radical (unpaired) electrons. The average molecular weight is 308 g/mol. The van der Waals surface area contributed by atoms with E-state index < -0.39 is 0 Å². The van der Waals surface area contributed by atoms with E-state index in [0.717, 1.165) is 13.1 Å². The fourth-order valence-electron chi connectivity index (χ4n) is 3.86. The number of benzene rings is 2. The van der Waals surface area contributed by atoms with Crippen LogP contribution >= 0.6 is 0 Å². The second kappa shape index (κ2) is 7.29. The highest BCUT2D eigenvalue weighted by Gasteiger charge is 2.35. The van der Waals surface area contributed by atoms with E-state index in [-0.39, 0.29) is 0 Å². The van der Waals surface area contributed by atoms with E-state index in [2.05, 4.69) is 85.4 Å². The standard InChI is InChI=1S/C21H28N2/c1-17-8-7-9-18(14-17)15-23-13-12-20(21(23)16-22(2)3)19-10-5-4-6-11-19/h4-11,14,20-21H,12-13,15-16H2,1-3H3/t20-,21-/m1/s1. The van der Waals surface area contributed by atoms with E-state index in [1.807, 2.05) is 0 Å². The van der Waals surface area contributed by atoms with Crippen molar-refractivity contribution in [1.29, 1.82) is 0 Å². The normalized spacial score (nSPS) is 21.9. The Balaban J connectivity index is 1.79. The second-order valence-corrected chi connectivity index (χ2v) is 7.09. The molecule has 0 aliphatic carbocycles. The van der Waals surface area contributed by atoms with Crippen molar-refractivity contribution in [3.63, 3.8) is 0 Å². The summed E-state index contributed by atoms with van der Waals surface area (Å²) in [5.41, 5.74) is 4.28. The van der Waals surface area contributed by atoms with Crippen LogP contribution in [0.4, 0.5) is 0 Å². The molecule has 2 aromatic carbocycles. The lowest BCUT2D eigenvalue weighted by Crippen LogP contribution is -2.39. The first-order valence-electron chi connectivity index (χ1n) is 8.63. The average Bonchev–Trinajstić information content (AvgIpc) is 2.90. The van der Waals surface area contributed by atoms with Crippen LogP contribution in [0.3, 0.4) is 0 Å². The van der Waals surface area contributed by atoms with Crippen LogP contribution in [0.1, 0.15) is 29.0 Å². The predicted octanol–water partition coefficient (Wildman–Crippen LogP) is 3.91. The first kappa shape index (κ1) is 16.2. The topological polar surface area (TPSA) is 6.48 Å². The minimum absolute atomic E-state index is 0.591. The summed E-state index contributed by atoms with van der Waals surface area (Å²) in [7, 11) is 4.37. The molecule has 2 heteroatoms. The number of hydrogen-bond donors (Lipinski definition) is 0. The van der Waals surface area contributed by atoms with Crippen LogP contribution in [0.15, 0.2) is 54.6 Å². The Morgan fingerprint density at radius 3 is 2.52 bits per heavy atom. The highest BCUT2D eigenvalue weighted by atomic mass is 15.2. The van der Waals surface area contributed by atoms with Gasteiger partial charge >= 0.3 is 0 Å². The highest BCUT2D eigenvalue weighted by Crippen LogP contribution is 2.34. The molecule has 0 N–H and O–H groups in total. The zero-order chi connectivity index (χ0) is 16.2. The molecule has 1 aliphatic heterocycles. The lowest BCUT2D eigenvalue weighted by Gasteiger charge is -2.31. The van der Waals surface area contributed by atoms with Crippen molar-refractivity contribution in [2.24, 2.45) is 0 Å². The Morgan fingerprint density at radius 2 is 1.83 bits per heavy atom. The third-order valence-corrected chi connectivity index (χ3v) is 4.91. The summed E-state index contributed by atoms with van der Waals surface area (Å²) in [6.07, 6.45) is 1.26. The van der Waals surface area contributed by atoms with Crippen molar-refractivity contribution >= 4 is 0 Å². The van der Waals surface area contributed by atoms with Gasteiger partial charge in [-0.2, -0.15) is 0 Å². The largest absolute Gasteiger partial charge is 0.308 e. The van der Waals surface area contributed by atoms with Crippen molar-refractivity contribution in [3.8, 4) is 0 Å². The Hall–Kier alpha value is -1.64. The SMILES string of the molecule is Cc1cccc(CN2CC[C@H](c3ccccc3)[C@H]2CN(C)C)c1. The van der Waals surface area contributed by atoms with Gasteiger partial charge in [0.2, 0.25) is 0 Å². The monoisotopic (exact) mass is 308 g/mol. The fraction of sp³-hybridized carbons (Fsp3) is 0.429. The second-order valence-electron chi connectivity index (χ2n) is 7.09. The predicted molar refractivity (Wildman–Crippen MR) is 97.7 cm³/mol. The summed E-state index contributed by atoms with van der Waals surface area (Å²) in [4.78, 5) is 5.00. The summed E-state index contributed by atoms with van der Waals surface area (Å²) >= 11 is 0. The Labute approximate surface area is 140 Å². The maximum Gasteiger partial charge on any atom is 0.0295 e. The van der Waals surface area contributed by atoms with Crippen LogP contribution in [-0.4, -0.2) is 43.0 Å². The fourth-order valence-corrected chi connectivity index (χ4v) is 3.86. The van der Waals surface area contributed by atoms with Gasteiger partial charge in [-0.1, -0.05) is 60.2 Å². The van der Waals surface area contributed by atoms with E-state index in [1.165, 1.54) is 29.7 Å². The quantitative estimate of drug-likeness (QED) is 0.826. The van der Waals surface area contributed by atoms with Crippen molar-refractivity contribution in [1.82, 2.24) is 9.80 Å². The van der Waals surface area contributed by atoms with Crippen molar-refractivity contribution in [2.45, 2.75) is 31.8 Å². The highest BCUT2D eigenvalue weighted by molar-refractivity contribution is 5.25. The number of aryl methyl sites for hydroxylation is 1. The van der Waals surface area contributed by atoms with Crippen molar-refractivity contribution in [2.75, 3.05) is 27.2 Å². The molecule has 122 valence electrons. The van der Waals surface area contributed by atoms with Gasteiger partial charge in [-0.3, -0.25) is 4.90 Å². The molecule has 0 aromatic heterocycles. The van der Waals surface area contributed by atoms with E-state index in [4.69, 9.17) is 0 Å².